The number of hydrogen-bond acceptors (Lipinski definition) is 2. The summed E-state index contributed by atoms with van der Waals surface area (Å²) < 4.78 is 6.30. The van der Waals surface area contributed by atoms with Crippen molar-refractivity contribution < 1.29 is 4.42 Å². The Morgan fingerprint density at radius 1 is 0.830 bits per heavy atom. The van der Waals surface area contributed by atoms with Crippen LogP contribution in [0.25, 0.3) is 33.2 Å². The van der Waals surface area contributed by atoms with Crippen LogP contribution in [0.3, 0.4) is 0 Å². The van der Waals surface area contributed by atoms with Crippen molar-refractivity contribution in [2.75, 3.05) is 0 Å². The summed E-state index contributed by atoms with van der Waals surface area (Å²) in [4.78, 5) is 5.11. The third-order valence-corrected chi connectivity index (χ3v) is 10.5. The monoisotopic (exact) mass is 609 g/mol. The third kappa shape index (κ3) is 5.19. The molecule has 2 nitrogen and oxygen atoms in total. The van der Waals surface area contributed by atoms with Gasteiger partial charge in [-0.15, -0.1) is 0 Å². The second kappa shape index (κ2) is 11.5. The number of furan rings is 1. The smallest absolute Gasteiger partial charge is 0.135 e. The molecule has 0 saturated carbocycles. The van der Waals surface area contributed by atoms with Crippen molar-refractivity contribution in [3.8, 4) is 0 Å². The van der Waals surface area contributed by atoms with Crippen LogP contribution in [-0.2, 0) is 5.41 Å². The Bertz CT molecular complexity index is 2230. The molecule has 47 heavy (non-hydrogen) atoms. The van der Waals surface area contributed by atoms with Crippen LogP contribution in [0.15, 0.2) is 166 Å². The van der Waals surface area contributed by atoms with Gasteiger partial charge in [0.15, 0.2) is 0 Å². The van der Waals surface area contributed by atoms with Gasteiger partial charge in [-0.05, 0) is 99.9 Å². The predicted molar refractivity (Wildman–Crippen MR) is 199 cm³/mol. The SMILES string of the molecule is C=C(/N=C(\C=C(/C)c1ccccc1)C1=CC=C(C2=CC3C(C=C2)c2cc4c(cc2C3(C)C)oc2ccccc24)CC1)c1ccccc1. The van der Waals surface area contributed by atoms with Crippen molar-refractivity contribution in [2.24, 2.45) is 10.9 Å². The Kier molecular flexibility index (Phi) is 7.18. The molecule has 3 aliphatic rings. The first-order valence-corrected chi connectivity index (χ1v) is 16.7. The standard InChI is InChI=1S/C45H39NO/c1-29(31-13-7-5-8-14-31)25-42(46-30(2)32-15-9-6-10-16-32)34-21-19-33(20-22-34)35-23-24-36-38-27-39-37-17-11-12-18-43(37)47-44(39)28-41(38)45(3,4)40(36)26-35/h5-19,21,23-28,36,40H,2,20,22H2,1,3-4H3/b29-25+,46-42+. The summed E-state index contributed by atoms with van der Waals surface area (Å²) in [6.07, 6.45) is 16.1. The van der Waals surface area contributed by atoms with Crippen LogP contribution in [0.4, 0.5) is 0 Å². The van der Waals surface area contributed by atoms with Crippen LogP contribution in [0.5, 0.6) is 0 Å². The number of hydrogen-bond donors (Lipinski definition) is 0. The lowest BCUT2D eigenvalue weighted by Crippen LogP contribution is -2.25. The van der Waals surface area contributed by atoms with Crippen LogP contribution in [0, 0.1) is 5.92 Å². The fraction of sp³-hybridized carbons (Fsp3) is 0.178. The van der Waals surface area contributed by atoms with Crippen LogP contribution in [0.1, 0.15) is 61.8 Å². The minimum atomic E-state index is -0.00319. The van der Waals surface area contributed by atoms with Gasteiger partial charge in [-0.3, -0.25) is 0 Å². The summed E-state index contributed by atoms with van der Waals surface area (Å²) in [7, 11) is 0. The molecule has 5 aromatic rings. The molecule has 0 saturated heterocycles. The molecule has 2 heteroatoms. The van der Waals surface area contributed by atoms with Crippen molar-refractivity contribution >= 4 is 38.9 Å². The Morgan fingerprint density at radius 3 is 2.30 bits per heavy atom. The van der Waals surface area contributed by atoms with E-state index < -0.39 is 0 Å². The largest absolute Gasteiger partial charge is 0.456 e. The van der Waals surface area contributed by atoms with E-state index in [4.69, 9.17) is 9.41 Å². The predicted octanol–water partition coefficient (Wildman–Crippen LogP) is 11.9. The van der Waals surface area contributed by atoms with Crippen LogP contribution in [0.2, 0.25) is 0 Å². The van der Waals surface area contributed by atoms with Crippen LogP contribution >= 0.6 is 0 Å². The highest BCUT2D eigenvalue weighted by Gasteiger charge is 2.45. The molecule has 4 aromatic carbocycles. The number of benzene rings is 4. The summed E-state index contributed by atoms with van der Waals surface area (Å²) in [5.41, 5.74) is 13.9. The number of aliphatic imine (C=N–C) groups is 1. The van der Waals surface area contributed by atoms with E-state index in [1.807, 2.05) is 24.3 Å². The molecule has 2 unspecified atom stereocenters. The zero-order valence-corrected chi connectivity index (χ0v) is 27.3. The summed E-state index contributed by atoms with van der Waals surface area (Å²) in [5, 5.41) is 2.41. The first kappa shape index (κ1) is 29.2. The van der Waals surface area contributed by atoms with Crippen molar-refractivity contribution in [3.63, 3.8) is 0 Å². The Labute approximate surface area is 277 Å². The highest BCUT2D eigenvalue weighted by molar-refractivity contribution is 6.14. The van der Waals surface area contributed by atoms with Crippen LogP contribution < -0.4 is 0 Å². The first-order valence-electron chi connectivity index (χ1n) is 16.7. The van der Waals surface area contributed by atoms with Gasteiger partial charge in [0, 0.05) is 16.7 Å². The average molecular weight is 610 g/mol. The molecule has 0 N–H and O–H groups in total. The number of fused-ring (bicyclic) bond motifs is 6. The third-order valence-electron chi connectivity index (χ3n) is 10.5. The second-order valence-electron chi connectivity index (χ2n) is 13.7. The van der Waals surface area contributed by atoms with Gasteiger partial charge in [0.25, 0.3) is 0 Å². The summed E-state index contributed by atoms with van der Waals surface area (Å²) in [6, 6.07) is 33.9. The maximum Gasteiger partial charge on any atom is 0.135 e. The summed E-state index contributed by atoms with van der Waals surface area (Å²) >= 11 is 0. The Hall–Kier alpha value is -5.21. The van der Waals surface area contributed by atoms with Crippen molar-refractivity contribution in [2.45, 2.75) is 44.9 Å². The van der Waals surface area contributed by atoms with Gasteiger partial charge < -0.3 is 4.42 Å². The van der Waals surface area contributed by atoms with Gasteiger partial charge in [-0.2, -0.15) is 0 Å². The van der Waals surface area contributed by atoms with E-state index in [1.54, 1.807) is 0 Å². The topological polar surface area (TPSA) is 25.5 Å². The molecule has 2 atom stereocenters. The van der Waals surface area contributed by atoms with Gasteiger partial charge in [0.1, 0.15) is 11.2 Å². The van der Waals surface area contributed by atoms with Crippen molar-refractivity contribution in [3.05, 3.63) is 179 Å². The Morgan fingerprint density at radius 2 is 1.55 bits per heavy atom. The normalized spacial score (nSPS) is 20.4. The molecule has 0 bridgehead atoms. The lowest BCUT2D eigenvalue weighted by Gasteiger charge is -2.31. The molecular weight excluding hydrogens is 571 g/mol. The fourth-order valence-electron chi connectivity index (χ4n) is 7.77. The molecule has 3 aliphatic carbocycles. The number of allylic oxidation sites excluding steroid dienone is 10. The molecule has 1 heterocycles. The quantitative estimate of drug-likeness (QED) is 0.176. The molecule has 1 aromatic heterocycles. The zero-order chi connectivity index (χ0) is 32.1. The maximum atomic E-state index is 6.30. The van der Waals surface area contributed by atoms with E-state index in [-0.39, 0.29) is 5.41 Å². The average Bonchev–Trinajstić information content (AvgIpc) is 3.59. The maximum absolute atomic E-state index is 6.30. The van der Waals surface area contributed by atoms with Gasteiger partial charge >= 0.3 is 0 Å². The number of rotatable bonds is 6. The van der Waals surface area contributed by atoms with Crippen molar-refractivity contribution in [1.29, 1.82) is 0 Å². The first-order chi connectivity index (χ1) is 22.9. The minimum absolute atomic E-state index is 0.00319. The van der Waals surface area contributed by atoms with Gasteiger partial charge in [0.2, 0.25) is 0 Å². The molecule has 0 fully saturated rings. The molecule has 0 spiro atoms. The molecule has 8 rings (SSSR count). The highest BCUT2D eigenvalue weighted by Crippen LogP contribution is 2.55. The second-order valence-corrected chi connectivity index (χ2v) is 13.7. The lowest BCUT2D eigenvalue weighted by molar-refractivity contribution is 0.392. The van der Waals surface area contributed by atoms with E-state index in [1.165, 1.54) is 49.8 Å². The molecule has 0 aliphatic heterocycles. The van der Waals surface area contributed by atoms with E-state index in [2.05, 4.69) is 137 Å². The van der Waals surface area contributed by atoms with Gasteiger partial charge in [0.05, 0.1) is 11.4 Å². The molecule has 0 amide bonds. The van der Waals surface area contributed by atoms with Crippen LogP contribution in [-0.4, -0.2) is 5.71 Å². The number of nitrogens with zero attached hydrogens (tertiary/aromatic N) is 1. The van der Waals surface area contributed by atoms with Gasteiger partial charge in [-0.1, -0.05) is 130 Å². The fourth-order valence-corrected chi connectivity index (χ4v) is 7.77. The lowest BCUT2D eigenvalue weighted by atomic mass is 9.72. The van der Waals surface area contributed by atoms with E-state index >= 15 is 0 Å². The Balaban J connectivity index is 1.12. The molecular formula is C45H39NO. The van der Waals surface area contributed by atoms with Crippen molar-refractivity contribution in [1.82, 2.24) is 0 Å². The minimum Gasteiger partial charge on any atom is -0.456 e. The van der Waals surface area contributed by atoms with E-state index in [9.17, 15) is 0 Å². The van der Waals surface area contributed by atoms with Gasteiger partial charge in [-0.25, -0.2) is 4.99 Å². The summed E-state index contributed by atoms with van der Waals surface area (Å²) in [5.74, 6) is 0.760. The zero-order valence-electron chi connectivity index (χ0n) is 27.3. The highest BCUT2D eigenvalue weighted by atomic mass is 16.3. The number of para-hydroxylation sites is 1. The molecule has 230 valence electrons. The summed E-state index contributed by atoms with van der Waals surface area (Å²) in [6.45, 7) is 11.3. The van der Waals surface area contributed by atoms with E-state index in [0.717, 1.165) is 41.0 Å². The van der Waals surface area contributed by atoms with E-state index in [0.29, 0.717) is 11.8 Å². The molecule has 0 radical (unpaired) electrons.